The van der Waals surface area contributed by atoms with E-state index in [1.54, 1.807) is 62.7 Å². The number of benzene rings is 8. The second-order valence-corrected chi connectivity index (χ2v) is 33.6. The molecule has 0 unspecified atom stereocenters. The van der Waals surface area contributed by atoms with Crippen molar-refractivity contribution in [2.45, 2.75) is 133 Å². The lowest BCUT2D eigenvalue weighted by Crippen LogP contribution is -2.21. The zero-order chi connectivity index (χ0) is 84.2. The number of nitro groups is 2. The van der Waals surface area contributed by atoms with Gasteiger partial charge in [0.25, 0.3) is 30.4 Å². The Morgan fingerprint density at radius 3 is 1.32 bits per heavy atom. The molecule has 0 radical (unpaired) electrons. The first-order valence-corrected chi connectivity index (χ1v) is 41.7. The first kappa shape index (κ1) is 97.6. The van der Waals surface area contributed by atoms with Crippen LogP contribution in [-0.2, 0) is 28.5 Å². The normalized spacial score (nSPS) is 11.7. The molecule has 113 heavy (non-hydrogen) atoms. The van der Waals surface area contributed by atoms with Crippen LogP contribution in [0.3, 0.4) is 0 Å². The van der Waals surface area contributed by atoms with Gasteiger partial charge in [0.1, 0.15) is 27.2 Å². The first-order chi connectivity index (χ1) is 52.5. The number of ether oxygens (including phenoxy) is 2. The second kappa shape index (κ2) is 46.0. The van der Waals surface area contributed by atoms with Gasteiger partial charge in [0.05, 0.1) is 50.9 Å². The number of nitrogens with zero attached hydrogens (tertiary/aromatic N) is 4. The summed E-state index contributed by atoms with van der Waals surface area (Å²) < 4.78 is 97.4. The molecule has 0 bridgehead atoms. The van der Waals surface area contributed by atoms with Crippen LogP contribution in [0.2, 0.25) is 0 Å². The molecule has 610 valence electrons. The lowest BCUT2D eigenvalue weighted by Gasteiger charge is -2.22. The van der Waals surface area contributed by atoms with E-state index in [9.17, 15) is 59.8 Å². The molecule has 12 rings (SSSR count). The quantitative estimate of drug-likeness (QED) is 0.0279. The van der Waals surface area contributed by atoms with Gasteiger partial charge in [-0.1, -0.05) is 111 Å². The number of methoxy groups -OCH3 is 2. The molecule has 0 aliphatic carbocycles. The van der Waals surface area contributed by atoms with Crippen molar-refractivity contribution in [3.05, 3.63) is 279 Å². The van der Waals surface area contributed by atoms with Crippen molar-refractivity contribution in [2.75, 3.05) is 77.9 Å². The summed E-state index contributed by atoms with van der Waals surface area (Å²) in [6, 6.07) is 37.1. The van der Waals surface area contributed by atoms with Crippen LogP contribution in [0.25, 0.3) is 0 Å². The summed E-state index contributed by atoms with van der Waals surface area (Å²) in [5, 5.41) is 24.3. The van der Waals surface area contributed by atoms with Crippen LogP contribution < -0.4 is 37.5 Å². The molecule has 10 aromatic rings. The fourth-order valence-electron chi connectivity index (χ4n) is 11.3. The lowest BCUT2D eigenvalue weighted by atomic mass is 10.1. The summed E-state index contributed by atoms with van der Waals surface area (Å²) in [7, 11) is -0.0919. The van der Waals surface area contributed by atoms with Gasteiger partial charge >= 0.3 is 11.9 Å². The van der Waals surface area contributed by atoms with Crippen molar-refractivity contribution < 1.29 is 58.9 Å². The summed E-state index contributed by atoms with van der Waals surface area (Å²) >= 11 is 8.99. The van der Waals surface area contributed by atoms with E-state index < -0.39 is 36.7 Å². The average molecular weight is 1780 g/mol. The third-order valence-corrected chi connectivity index (χ3v) is 23.6. The average Bonchev–Trinajstić information content (AvgIpc) is 1.80. The molecule has 21 nitrogen and oxygen atoms in total. The highest BCUT2D eigenvalue weighted by atomic mass is 79.9. The number of nitro benzene ring substituents is 2. The molecule has 0 atom stereocenters. The number of thiophene rings is 2. The fraction of sp³-hybridized carbons (Fsp3) is 0.293. The zero-order valence-electron chi connectivity index (χ0n) is 65.0. The van der Waals surface area contributed by atoms with E-state index >= 15 is 0 Å². The van der Waals surface area contributed by atoms with Crippen molar-refractivity contribution in [2.24, 2.45) is 0 Å². The van der Waals surface area contributed by atoms with E-state index in [-0.39, 0.29) is 60.8 Å². The summed E-state index contributed by atoms with van der Waals surface area (Å²) in [5.41, 5.74) is 42.0. The molecule has 2 aliphatic heterocycles. The maximum absolute atomic E-state index is 13.8. The van der Waals surface area contributed by atoms with Crippen LogP contribution in [0, 0.1) is 128 Å². The number of anilines is 7. The number of esters is 2. The molecule has 2 aliphatic rings. The van der Waals surface area contributed by atoms with Gasteiger partial charge in [-0.05, 0) is 245 Å². The standard InChI is InChI=1S/C12H17FN2.C12H10FNO4S2.C12H18N2.C9H12.C8H8BrNO2.C8H10BrN.C8H9NO2.C6H4ClFO2S.C6H7NO2S.CH4/c1-8-7-10(13)12(9(2)11(8)14)15-5-3-4-6-15;1-18-12(15)11-10(6-7-19-11)14-20(16,17)9-4-2-8(13)3-5-9;1-9-5-6-11(10(2)12(9)13)14-7-3-4-8-14;1-7-4-8(2)6-9(3)5-7;1-5-3-4-7(9)6(2)8(5)10(11)12;1-5-3-4-7(9)6(2)8(5)10;1-6-4-3-5-7(2)8(6)9(10)11;7-11(9,10)6-3-1-5(8)2-4-6;1-9-6(8)5-4(7)2-3-10-5;/h7H,3-6,14H2,1-2H3;2-7,14H,1H3;5-6H,3-4,7-8,13H2,1-2H3;4-6H,1-3H3;3-4H,1-2H3;3-4H,10H2,1-2H3;3-5H,1-2H3;1-4H;2-3H,7H2,1H3;1H4. The molecule has 2 fully saturated rings. The lowest BCUT2D eigenvalue weighted by molar-refractivity contribution is -0.386. The van der Waals surface area contributed by atoms with Gasteiger partial charge < -0.3 is 42.2 Å². The van der Waals surface area contributed by atoms with Gasteiger partial charge in [-0.3, -0.25) is 25.0 Å². The Balaban J connectivity index is 0.000000332. The molecular weight excluding hydrogens is 1680 g/mol. The van der Waals surface area contributed by atoms with Crippen molar-refractivity contribution >= 4 is 147 Å². The summed E-state index contributed by atoms with van der Waals surface area (Å²) in [6.07, 6.45) is 4.92. The highest BCUT2D eigenvalue weighted by Crippen LogP contribution is 2.35. The van der Waals surface area contributed by atoms with Crippen molar-refractivity contribution in [3.63, 3.8) is 0 Å². The summed E-state index contributed by atoms with van der Waals surface area (Å²) in [4.78, 5) is 47.6. The Morgan fingerprint density at radius 2 is 0.894 bits per heavy atom. The van der Waals surface area contributed by atoms with Gasteiger partial charge in [0.15, 0.2) is 0 Å². The number of rotatable bonds is 10. The van der Waals surface area contributed by atoms with Gasteiger partial charge in [0, 0.05) is 90.8 Å². The van der Waals surface area contributed by atoms with Crippen molar-refractivity contribution in [1.82, 2.24) is 0 Å². The monoisotopic (exact) mass is 1780 g/mol. The molecular formula is C82H99Br2ClF3N9O12S4. The number of halogens is 6. The van der Waals surface area contributed by atoms with Crippen LogP contribution in [0.1, 0.15) is 125 Å². The van der Waals surface area contributed by atoms with E-state index in [0.29, 0.717) is 27.4 Å². The fourth-order valence-corrected chi connectivity index (χ4v) is 15.4. The van der Waals surface area contributed by atoms with E-state index in [1.807, 2.05) is 52.0 Å². The molecule has 2 saturated heterocycles. The maximum atomic E-state index is 13.8. The van der Waals surface area contributed by atoms with E-state index in [1.165, 1.54) is 97.1 Å². The smallest absolute Gasteiger partial charge is 0.350 e. The maximum Gasteiger partial charge on any atom is 0.350 e. The zero-order valence-corrected chi connectivity index (χ0v) is 72.2. The molecule has 0 amide bonds. The highest BCUT2D eigenvalue weighted by Gasteiger charge is 2.24. The molecule has 2 aromatic heterocycles. The van der Waals surface area contributed by atoms with Crippen LogP contribution in [-0.4, -0.2) is 79.0 Å². The molecule has 31 heteroatoms. The molecule has 0 saturated carbocycles. The number of hydrogen-bond acceptors (Lipinski definition) is 20. The Bertz CT molecular complexity index is 5030. The third kappa shape index (κ3) is 29.7. The summed E-state index contributed by atoms with van der Waals surface area (Å²) in [6.45, 7) is 29.5. The molecule has 9 N–H and O–H groups in total. The SMILES string of the molecule is C.COC(=O)c1sccc1N.COC(=O)c1sccc1NS(=O)(=O)c1ccc(F)cc1.Cc1cc(C)cc(C)c1.Cc1cc(F)c(N2CCCC2)c(C)c1N.Cc1ccc(Br)c(C)c1N.Cc1ccc(Br)c(C)c1[N+](=O)[O-].Cc1ccc(N2CCCC2)c(C)c1N.Cc1cccc(C)c1[N+](=O)[O-].O=S(=O)(Cl)c1ccc(F)cc1. The molecule has 8 aromatic carbocycles. The number of nitrogen functional groups attached to an aromatic ring is 4. The van der Waals surface area contributed by atoms with Gasteiger partial charge in [0.2, 0.25) is 0 Å². The Morgan fingerprint density at radius 1 is 0.496 bits per heavy atom. The van der Waals surface area contributed by atoms with Gasteiger partial charge in [-0.15, -0.1) is 22.7 Å². The number of nitrogens with one attached hydrogen (secondary N) is 1. The Hall–Kier alpha value is -9.56. The predicted octanol–water partition coefficient (Wildman–Crippen LogP) is 21.5. The Labute approximate surface area is 690 Å². The van der Waals surface area contributed by atoms with Crippen molar-refractivity contribution in [3.8, 4) is 0 Å². The van der Waals surface area contributed by atoms with Crippen LogP contribution in [0.15, 0.2) is 169 Å². The third-order valence-electron chi connectivity index (χ3n) is 17.3. The number of para-hydroxylation sites is 1. The van der Waals surface area contributed by atoms with Gasteiger partial charge in [-0.25, -0.2) is 39.6 Å². The summed E-state index contributed by atoms with van der Waals surface area (Å²) in [5.74, 6) is -2.16. The molecule has 0 spiro atoms. The minimum absolute atomic E-state index is 0. The van der Waals surface area contributed by atoms with Crippen LogP contribution in [0.4, 0.5) is 64.4 Å². The number of nitrogens with two attached hydrogens (primary N) is 4. The van der Waals surface area contributed by atoms with Crippen LogP contribution >= 0.6 is 65.2 Å². The first-order valence-electron chi connectivity index (χ1n) is 34.6. The minimum Gasteiger partial charge on any atom is -0.465 e. The number of sulfonamides is 1. The number of aryl methyl sites for hydroxylation is 9. The minimum atomic E-state index is -3.88. The number of carbonyl (C=O) groups excluding carboxylic acids is 2. The molecule has 4 heterocycles. The second-order valence-electron chi connectivity index (χ2n) is 25.9. The van der Waals surface area contributed by atoms with Crippen molar-refractivity contribution in [1.29, 1.82) is 0 Å². The number of carbonyl (C=O) groups is 2. The number of hydrogen-bond donors (Lipinski definition) is 5. The largest absolute Gasteiger partial charge is 0.465 e. The highest BCUT2D eigenvalue weighted by molar-refractivity contribution is 9.10. The predicted molar refractivity (Wildman–Crippen MR) is 464 cm³/mol. The van der Waals surface area contributed by atoms with Crippen LogP contribution in [0.5, 0.6) is 0 Å². The van der Waals surface area contributed by atoms with E-state index in [4.69, 9.17) is 33.6 Å². The topological polar surface area (TPSA) is 330 Å². The van der Waals surface area contributed by atoms with Gasteiger partial charge in [-0.2, -0.15) is 0 Å². The Kier molecular flexibility index (Phi) is 39.7. The van der Waals surface area contributed by atoms with E-state index in [2.05, 4.69) is 121 Å². The van der Waals surface area contributed by atoms with E-state index in [0.717, 1.165) is 145 Å².